The van der Waals surface area contributed by atoms with Gasteiger partial charge < -0.3 is 24.4 Å². The zero-order valence-corrected chi connectivity index (χ0v) is 21.8. The molecular weight excluding hydrogens is 535 g/mol. The molecule has 2 saturated heterocycles. The third kappa shape index (κ3) is 7.29. The van der Waals surface area contributed by atoms with E-state index < -0.39 is 0 Å². The van der Waals surface area contributed by atoms with Gasteiger partial charge in [0, 0.05) is 64.1 Å². The van der Waals surface area contributed by atoms with Gasteiger partial charge in [-0.25, -0.2) is 0 Å². The van der Waals surface area contributed by atoms with E-state index in [9.17, 15) is 0 Å². The van der Waals surface area contributed by atoms with Crippen molar-refractivity contribution in [1.82, 2.24) is 24.9 Å². The SMILES string of the molecule is CN=C(NCc1ccccc1OCCN1CCOCC1)N1CCOC(c2cnn(C)c2)C1.I. The maximum atomic E-state index is 6.12. The lowest BCUT2D eigenvalue weighted by atomic mass is 10.1. The van der Waals surface area contributed by atoms with Crippen molar-refractivity contribution >= 4 is 29.9 Å². The van der Waals surface area contributed by atoms with Crippen molar-refractivity contribution in [3.63, 3.8) is 0 Å². The number of nitrogens with zero attached hydrogens (tertiary/aromatic N) is 5. The summed E-state index contributed by atoms with van der Waals surface area (Å²) in [5.74, 6) is 1.78. The molecule has 33 heavy (non-hydrogen) atoms. The summed E-state index contributed by atoms with van der Waals surface area (Å²) in [6.45, 7) is 7.99. The molecule has 2 aliphatic heterocycles. The second-order valence-electron chi connectivity index (χ2n) is 8.06. The van der Waals surface area contributed by atoms with E-state index in [0.29, 0.717) is 19.8 Å². The second-order valence-corrected chi connectivity index (χ2v) is 8.06. The number of aryl methyl sites for hydroxylation is 1. The van der Waals surface area contributed by atoms with E-state index in [1.165, 1.54) is 0 Å². The van der Waals surface area contributed by atoms with Crippen LogP contribution in [0.3, 0.4) is 0 Å². The number of aliphatic imine (C=N–C) groups is 1. The molecule has 0 saturated carbocycles. The Morgan fingerprint density at radius 1 is 1.21 bits per heavy atom. The molecule has 9 nitrogen and oxygen atoms in total. The quantitative estimate of drug-likeness (QED) is 0.310. The molecule has 0 spiro atoms. The number of benzene rings is 1. The van der Waals surface area contributed by atoms with Crippen LogP contribution in [0.5, 0.6) is 5.75 Å². The van der Waals surface area contributed by atoms with E-state index in [1.54, 1.807) is 4.68 Å². The number of hydrogen-bond acceptors (Lipinski definition) is 6. The maximum Gasteiger partial charge on any atom is 0.194 e. The van der Waals surface area contributed by atoms with Crippen LogP contribution in [0.1, 0.15) is 17.2 Å². The second kappa shape index (κ2) is 13.1. The van der Waals surface area contributed by atoms with Crippen molar-refractivity contribution in [2.75, 3.05) is 66.2 Å². The summed E-state index contributed by atoms with van der Waals surface area (Å²) in [6, 6.07) is 8.19. The van der Waals surface area contributed by atoms with E-state index in [1.807, 2.05) is 44.7 Å². The summed E-state index contributed by atoms with van der Waals surface area (Å²) < 4.78 is 19.3. The van der Waals surface area contributed by atoms with Crippen LogP contribution < -0.4 is 10.1 Å². The number of para-hydroxylation sites is 1. The largest absolute Gasteiger partial charge is 0.492 e. The monoisotopic (exact) mass is 570 g/mol. The van der Waals surface area contributed by atoms with Gasteiger partial charge in [-0.2, -0.15) is 5.10 Å². The summed E-state index contributed by atoms with van der Waals surface area (Å²) in [5.41, 5.74) is 2.21. The number of aromatic nitrogens is 2. The number of rotatable bonds is 7. The predicted molar refractivity (Wildman–Crippen MR) is 138 cm³/mol. The summed E-state index contributed by atoms with van der Waals surface area (Å²) in [5, 5.41) is 7.78. The Labute approximate surface area is 213 Å². The first kappa shape index (κ1) is 25.7. The summed E-state index contributed by atoms with van der Waals surface area (Å²) in [7, 11) is 3.74. The van der Waals surface area contributed by atoms with Crippen molar-refractivity contribution in [3.8, 4) is 5.75 Å². The Balaban J connectivity index is 0.00000306. The van der Waals surface area contributed by atoms with Gasteiger partial charge in [0.05, 0.1) is 32.6 Å². The number of halogens is 1. The van der Waals surface area contributed by atoms with Gasteiger partial charge in [0.1, 0.15) is 18.5 Å². The van der Waals surface area contributed by atoms with E-state index in [4.69, 9.17) is 14.2 Å². The Morgan fingerprint density at radius 2 is 2.03 bits per heavy atom. The minimum Gasteiger partial charge on any atom is -0.492 e. The van der Waals surface area contributed by atoms with Gasteiger partial charge in [-0.3, -0.25) is 14.6 Å². The summed E-state index contributed by atoms with van der Waals surface area (Å²) in [4.78, 5) is 9.13. The topological polar surface area (TPSA) is 76.4 Å². The van der Waals surface area contributed by atoms with Gasteiger partial charge in [0.25, 0.3) is 0 Å². The van der Waals surface area contributed by atoms with Crippen molar-refractivity contribution in [1.29, 1.82) is 0 Å². The highest BCUT2D eigenvalue weighted by atomic mass is 127. The van der Waals surface area contributed by atoms with Gasteiger partial charge in [0.15, 0.2) is 5.96 Å². The van der Waals surface area contributed by atoms with Crippen LogP contribution in [-0.4, -0.2) is 91.7 Å². The van der Waals surface area contributed by atoms with Crippen LogP contribution in [0.2, 0.25) is 0 Å². The molecule has 2 aliphatic rings. The molecule has 1 aromatic carbocycles. The molecular formula is C23H35IN6O3. The minimum atomic E-state index is -0.00759. The van der Waals surface area contributed by atoms with E-state index >= 15 is 0 Å². The molecule has 2 aromatic rings. The Morgan fingerprint density at radius 3 is 2.79 bits per heavy atom. The highest BCUT2D eigenvalue weighted by Crippen LogP contribution is 2.22. The lowest BCUT2D eigenvalue weighted by molar-refractivity contribution is -0.00805. The van der Waals surface area contributed by atoms with Crippen LogP contribution in [0.25, 0.3) is 0 Å². The third-order valence-corrected chi connectivity index (χ3v) is 5.85. The predicted octanol–water partition coefficient (Wildman–Crippen LogP) is 1.90. The molecule has 182 valence electrons. The molecule has 2 fully saturated rings. The lowest BCUT2D eigenvalue weighted by Gasteiger charge is -2.34. The normalized spacial score (nSPS) is 19.8. The molecule has 0 bridgehead atoms. The summed E-state index contributed by atoms with van der Waals surface area (Å²) in [6.07, 6.45) is 3.87. The fourth-order valence-electron chi connectivity index (χ4n) is 4.06. The number of guanidine groups is 1. The first-order chi connectivity index (χ1) is 15.7. The molecule has 1 atom stereocenters. The molecule has 0 amide bonds. The van der Waals surface area contributed by atoms with E-state index in [2.05, 4.69) is 31.3 Å². The molecule has 1 N–H and O–H groups in total. The smallest absolute Gasteiger partial charge is 0.194 e. The molecule has 4 rings (SSSR count). The Bertz CT molecular complexity index is 887. The van der Waals surface area contributed by atoms with Crippen LogP contribution >= 0.6 is 24.0 Å². The average molecular weight is 570 g/mol. The highest BCUT2D eigenvalue weighted by molar-refractivity contribution is 14.0. The highest BCUT2D eigenvalue weighted by Gasteiger charge is 2.25. The van der Waals surface area contributed by atoms with Gasteiger partial charge in [-0.05, 0) is 6.07 Å². The van der Waals surface area contributed by atoms with Crippen molar-refractivity contribution < 1.29 is 14.2 Å². The first-order valence-corrected chi connectivity index (χ1v) is 11.3. The summed E-state index contributed by atoms with van der Waals surface area (Å²) >= 11 is 0. The zero-order chi connectivity index (χ0) is 22.2. The van der Waals surface area contributed by atoms with Crippen LogP contribution in [0.4, 0.5) is 0 Å². The first-order valence-electron chi connectivity index (χ1n) is 11.3. The van der Waals surface area contributed by atoms with Gasteiger partial charge in [-0.1, -0.05) is 18.2 Å². The fraction of sp³-hybridized carbons (Fsp3) is 0.565. The Hall–Kier alpha value is -1.89. The molecule has 3 heterocycles. The average Bonchev–Trinajstić information content (AvgIpc) is 3.28. The van der Waals surface area contributed by atoms with Crippen LogP contribution in [0, 0.1) is 0 Å². The van der Waals surface area contributed by atoms with Crippen molar-refractivity contribution in [2.24, 2.45) is 12.0 Å². The van der Waals surface area contributed by atoms with Crippen LogP contribution in [0.15, 0.2) is 41.7 Å². The fourth-order valence-corrected chi connectivity index (χ4v) is 4.06. The number of nitrogens with one attached hydrogen (secondary N) is 1. The number of hydrogen-bond donors (Lipinski definition) is 1. The Kier molecular flexibility index (Phi) is 10.2. The van der Waals surface area contributed by atoms with E-state index in [-0.39, 0.29) is 30.1 Å². The van der Waals surface area contributed by atoms with Crippen molar-refractivity contribution in [3.05, 3.63) is 47.8 Å². The zero-order valence-electron chi connectivity index (χ0n) is 19.5. The number of morpholine rings is 2. The molecule has 0 radical (unpaired) electrons. The van der Waals surface area contributed by atoms with Crippen LogP contribution in [-0.2, 0) is 23.1 Å². The molecule has 0 aliphatic carbocycles. The van der Waals surface area contributed by atoms with Gasteiger partial charge >= 0.3 is 0 Å². The maximum absolute atomic E-state index is 6.12. The van der Waals surface area contributed by atoms with E-state index in [0.717, 1.165) is 68.8 Å². The third-order valence-electron chi connectivity index (χ3n) is 5.85. The van der Waals surface area contributed by atoms with Gasteiger partial charge in [0.2, 0.25) is 0 Å². The van der Waals surface area contributed by atoms with Crippen molar-refractivity contribution in [2.45, 2.75) is 12.6 Å². The van der Waals surface area contributed by atoms with Gasteiger partial charge in [-0.15, -0.1) is 24.0 Å². The number of ether oxygens (including phenoxy) is 3. The molecule has 1 unspecified atom stereocenters. The standard InChI is InChI=1S/C23H34N6O3.HI/c1-24-23(29-10-14-32-22(18-29)20-16-26-27(2)17-20)25-15-19-5-3-4-6-21(19)31-13-9-28-7-11-30-12-8-28;/h3-6,16-17,22H,7-15,18H2,1-2H3,(H,24,25);1H. The molecule has 1 aromatic heterocycles. The minimum absolute atomic E-state index is 0. The lowest BCUT2D eigenvalue weighted by Crippen LogP contribution is -2.47. The molecule has 10 heteroatoms.